The highest BCUT2D eigenvalue weighted by Crippen LogP contribution is 2.26. The Bertz CT molecular complexity index is 1270. The molecule has 7 unspecified atom stereocenters. The highest BCUT2D eigenvalue weighted by Gasteiger charge is 2.48. The Labute approximate surface area is 423 Å². The van der Waals surface area contributed by atoms with Crippen LogP contribution in [0.15, 0.2) is 12.2 Å². The number of amides is 1. The van der Waals surface area contributed by atoms with Crippen molar-refractivity contribution in [3.8, 4) is 0 Å². The van der Waals surface area contributed by atoms with E-state index in [0.717, 1.165) is 38.5 Å². The third-order valence-corrected chi connectivity index (χ3v) is 14.5. The predicted molar refractivity (Wildman–Crippen MR) is 282 cm³/mol. The van der Waals surface area contributed by atoms with Crippen molar-refractivity contribution in [3.05, 3.63) is 12.2 Å². The van der Waals surface area contributed by atoms with Gasteiger partial charge in [-0.1, -0.05) is 270 Å². The lowest BCUT2D eigenvalue weighted by Gasteiger charge is -2.41. The molecule has 1 saturated heterocycles. The molecule has 1 rings (SSSR count). The first kappa shape index (κ1) is 65.9. The standard InChI is InChI=1S/C56H109NO11S/c1-3-5-7-9-11-13-15-17-19-21-23-24-25-26-28-29-31-33-35-37-39-41-43-45-50(59)49(48-66-56-54(62)55(68-69(63,64)65)53(61)51(47-58)67-56)57-52(60)46-44-42-40-38-36-34-32-30-27-22-20-18-16-14-12-10-8-6-4-2/h43,45,49-51,53-56,58-59,61-62H,3-42,44,46-48H2,1-2H3,(H,57,60)(H,63,64,65)/b45-43+. The number of carbonyl (C=O) groups excluding carboxylic acids is 1. The number of aliphatic hydroxyl groups excluding tert-OH is 4. The van der Waals surface area contributed by atoms with Crippen molar-refractivity contribution in [2.75, 3.05) is 13.2 Å². The van der Waals surface area contributed by atoms with E-state index in [-0.39, 0.29) is 18.9 Å². The fourth-order valence-electron chi connectivity index (χ4n) is 9.58. The second-order valence-electron chi connectivity index (χ2n) is 20.6. The Morgan fingerprint density at radius 3 is 1.26 bits per heavy atom. The maximum atomic E-state index is 13.1. The van der Waals surface area contributed by atoms with Crippen LogP contribution in [0, 0.1) is 0 Å². The molecule has 0 radical (unpaired) electrons. The monoisotopic (exact) mass is 1000 g/mol. The lowest BCUT2D eigenvalue weighted by Crippen LogP contribution is -2.61. The molecule has 0 aromatic heterocycles. The molecule has 0 aromatic carbocycles. The molecule has 7 atom stereocenters. The third kappa shape index (κ3) is 39.0. The minimum absolute atomic E-state index is 0.256. The van der Waals surface area contributed by atoms with Gasteiger partial charge in [0.15, 0.2) is 6.29 Å². The molecule has 12 nitrogen and oxygen atoms in total. The molecular weight excluding hydrogens is 895 g/mol. The normalized spacial score (nSPS) is 19.7. The molecule has 1 amide bonds. The van der Waals surface area contributed by atoms with Crippen molar-refractivity contribution in [3.63, 3.8) is 0 Å². The molecular formula is C56H109NO11S. The second-order valence-corrected chi connectivity index (χ2v) is 21.6. The summed E-state index contributed by atoms with van der Waals surface area (Å²) in [6.45, 7) is 3.44. The summed E-state index contributed by atoms with van der Waals surface area (Å²) < 4.78 is 47.8. The number of hydrogen-bond donors (Lipinski definition) is 6. The van der Waals surface area contributed by atoms with E-state index in [9.17, 15) is 38.2 Å². The molecule has 1 heterocycles. The minimum Gasteiger partial charge on any atom is -0.394 e. The van der Waals surface area contributed by atoms with E-state index < -0.39 is 59.9 Å². The number of aliphatic hydroxyl groups is 4. The molecule has 0 saturated carbocycles. The summed E-state index contributed by atoms with van der Waals surface area (Å²) >= 11 is 0. The average Bonchev–Trinajstić information content (AvgIpc) is 3.32. The first-order chi connectivity index (χ1) is 33.5. The van der Waals surface area contributed by atoms with Crippen LogP contribution in [0.25, 0.3) is 0 Å². The highest BCUT2D eigenvalue weighted by atomic mass is 32.3. The smallest absolute Gasteiger partial charge is 0.394 e. The summed E-state index contributed by atoms with van der Waals surface area (Å²) in [5, 5.41) is 45.0. The summed E-state index contributed by atoms with van der Waals surface area (Å²) in [4.78, 5) is 13.1. The maximum Gasteiger partial charge on any atom is 0.397 e. The summed E-state index contributed by atoms with van der Waals surface area (Å²) in [5.74, 6) is -0.256. The van der Waals surface area contributed by atoms with Gasteiger partial charge in [-0.15, -0.1) is 0 Å². The van der Waals surface area contributed by atoms with Gasteiger partial charge in [0.1, 0.15) is 24.4 Å². The molecule has 13 heteroatoms. The largest absolute Gasteiger partial charge is 0.397 e. The van der Waals surface area contributed by atoms with Gasteiger partial charge in [0.25, 0.3) is 0 Å². The van der Waals surface area contributed by atoms with E-state index in [1.54, 1.807) is 6.08 Å². The van der Waals surface area contributed by atoms with Gasteiger partial charge in [-0.05, 0) is 19.3 Å². The van der Waals surface area contributed by atoms with Crippen LogP contribution in [0.3, 0.4) is 0 Å². The fraction of sp³-hybridized carbons (Fsp3) is 0.946. The molecule has 1 aliphatic heterocycles. The highest BCUT2D eigenvalue weighted by molar-refractivity contribution is 7.80. The Morgan fingerprint density at radius 2 is 0.913 bits per heavy atom. The van der Waals surface area contributed by atoms with Gasteiger partial charge in [-0.2, -0.15) is 8.42 Å². The van der Waals surface area contributed by atoms with E-state index >= 15 is 0 Å². The van der Waals surface area contributed by atoms with E-state index in [0.29, 0.717) is 6.42 Å². The molecule has 1 aliphatic rings. The van der Waals surface area contributed by atoms with Crippen LogP contribution in [0.2, 0.25) is 0 Å². The van der Waals surface area contributed by atoms with Crippen LogP contribution < -0.4 is 5.32 Å². The Kier molecular flexibility index (Phi) is 44.5. The Hall–Kier alpha value is -1.16. The number of hydrogen-bond acceptors (Lipinski definition) is 10. The number of allylic oxidation sites excluding steroid dienone is 1. The zero-order valence-electron chi connectivity index (χ0n) is 44.4. The van der Waals surface area contributed by atoms with Gasteiger partial charge in [0.2, 0.25) is 5.91 Å². The van der Waals surface area contributed by atoms with Crippen molar-refractivity contribution in [2.45, 2.75) is 326 Å². The number of rotatable bonds is 51. The van der Waals surface area contributed by atoms with E-state index in [2.05, 4.69) is 23.3 Å². The molecule has 6 N–H and O–H groups in total. The predicted octanol–water partition coefficient (Wildman–Crippen LogP) is 13.5. The van der Waals surface area contributed by atoms with Gasteiger partial charge in [-0.3, -0.25) is 9.35 Å². The van der Waals surface area contributed by atoms with Crippen LogP contribution in [-0.2, 0) is 28.9 Å². The van der Waals surface area contributed by atoms with Crippen molar-refractivity contribution in [2.24, 2.45) is 0 Å². The molecule has 0 bridgehead atoms. The number of unbranched alkanes of at least 4 members (excludes halogenated alkanes) is 39. The topological polar surface area (TPSA) is 192 Å². The molecule has 0 aromatic rings. The van der Waals surface area contributed by atoms with Crippen LogP contribution in [-0.4, -0.2) is 95.4 Å². The number of ether oxygens (including phenoxy) is 2. The van der Waals surface area contributed by atoms with E-state index in [4.69, 9.17) is 9.47 Å². The second kappa shape index (κ2) is 46.6. The van der Waals surface area contributed by atoms with E-state index in [1.165, 1.54) is 218 Å². The zero-order chi connectivity index (χ0) is 50.5. The van der Waals surface area contributed by atoms with Gasteiger partial charge >= 0.3 is 10.4 Å². The van der Waals surface area contributed by atoms with Gasteiger partial charge < -0.3 is 35.2 Å². The quantitative estimate of drug-likeness (QED) is 0.0193. The SMILES string of the molecule is CCCCCCCCCCCCCCCCCCCCCCC/C=C/C(O)C(COC1OC(CO)C(O)C(OS(=O)(=O)O)C1O)NC(=O)CCCCCCCCCCCCCCCCCCCCC. The summed E-state index contributed by atoms with van der Waals surface area (Å²) in [5.41, 5.74) is 0. The zero-order valence-corrected chi connectivity index (χ0v) is 45.2. The Balaban J connectivity index is 2.37. The summed E-state index contributed by atoms with van der Waals surface area (Å²) in [6.07, 6.45) is 46.8. The van der Waals surface area contributed by atoms with Crippen LogP contribution in [0.5, 0.6) is 0 Å². The van der Waals surface area contributed by atoms with Crippen LogP contribution >= 0.6 is 0 Å². The first-order valence-corrected chi connectivity index (χ1v) is 30.4. The average molecular weight is 1000 g/mol. The third-order valence-electron chi connectivity index (χ3n) is 14.1. The number of nitrogens with one attached hydrogen (secondary N) is 1. The van der Waals surface area contributed by atoms with E-state index in [1.807, 2.05) is 6.08 Å². The molecule has 1 fully saturated rings. The summed E-state index contributed by atoms with van der Waals surface area (Å²) in [6, 6.07) is -0.940. The fourth-order valence-corrected chi connectivity index (χ4v) is 10.1. The van der Waals surface area contributed by atoms with Crippen LogP contribution in [0.1, 0.15) is 284 Å². The Morgan fingerprint density at radius 1 is 0.565 bits per heavy atom. The molecule has 410 valence electrons. The van der Waals surface area contributed by atoms with Crippen molar-refractivity contribution >= 4 is 16.3 Å². The first-order valence-electron chi connectivity index (χ1n) is 29.1. The lowest BCUT2D eigenvalue weighted by atomic mass is 9.99. The van der Waals surface area contributed by atoms with Crippen molar-refractivity contribution in [1.29, 1.82) is 0 Å². The molecule has 0 aliphatic carbocycles. The number of carbonyl (C=O) groups is 1. The van der Waals surface area contributed by atoms with Crippen molar-refractivity contribution < 1.29 is 51.8 Å². The summed E-state index contributed by atoms with van der Waals surface area (Å²) in [7, 11) is -5.09. The minimum atomic E-state index is -5.09. The van der Waals surface area contributed by atoms with Crippen LogP contribution in [0.4, 0.5) is 0 Å². The molecule has 0 spiro atoms. The van der Waals surface area contributed by atoms with Gasteiger partial charge in [0.05, 0.1) is 25.4 Å². The van der Waals surface area contributed by atoms with Gasteiger partial charge in [-0.25, -0.2) is 4.18 Å². The van der Waals surface area contributed by atoms with Gasteiger partial charge in [0, 0.05) is 6.42 Å². The van der Waals surface area contributed by atoms with Crippen molar-refractivity contribution in [1.82, 2.24) is 5.32 Å². The maximum absolute atomic E-state index is 13.1. The molecule has 69 heavy (non-hydrogen) atoms. The lowest BCUT2D eigenvalue weighted by molar-refractivity contribution is -0.298.